The van der Waals surface area contributed by atoms with E-state index in [-0.39, 0.29) is 10.9 Å². The van der Waals surface area contributed by atoms with E-state index >= 15 is 0 Å². The van der Waals surface area contributed by atoms with Crippen molar-refractivity contribution in [2.24, 2.45) is 0 Å². The number of nitrogens with one attached hydrogen (secondary N) is 1. The Balaban J connectivity index is 1.54. The number of nitrogens with zero attached hydrogens (tertiary/aromatic N) is 2. The van der Waals surface area contributed by atoms with Gasteiger partial charge in [0.1, 0.15) is 5.15 Å². The lowest BCUT2D eigenvalue weighted by atomic mass is 10.1. The molecule has 1 aliphatic heterocycles. The summed E-state index contributed by atoms with van der Waals surface area (Å²) < 4.78 is 27.7. The van der Waals surface area contributed by atoms with Gasteiger partial charge in [0.25, 0.3) is 0 Å². The van der Waals surface area contributed by atoms with E-state index in [0.29, 0.717) is 10.2 Å². The van der Waals surface area contributed by atoms with Crippen molar-refractivity contribution in [3.8, 4) is 0 Å². The molecule has 0 bridgehead atoms. The topological polar surface area (TPSA) is 62.3 Å². The highest BCUT2D eigenvalue weighted by Gasteiger charge is 2.24. The number of hydrogen-bond donors (Lipinski definition) is 1. The van der Waals surface area contributed by atoms with Crippen molar-refractivity contribution < 1.29 is 8.42 Å². The van der Waals surface area contributed by atoms with Crippen molar-refractivity contribution in [1.29, 1.82) is 0 Å². The molecule has 134 valence electrons. The van der Waals surface area contributed by atoms with Crippen molar-refractivity contribution >= 4 is 33.2 Å². The molecular weight excluding hydrogens is 381 g/mol. The van der Waals surface area contributed by atoms with E-state index in [1.165, 1.54) is 12.1 Å². The van der Waals surface area contributed by atoms with E-state index in [9.17, 15) is 8.42 Å². The molecule has 1 aromatic heterocycles. The Hall–Kier alpha value is -1.18. The molecule has 0 aliphatic carbocycles. The Kier molecular flexibility index (Phi) is 5.96. The van der Waals surface area contributed by atoms with E-state index < -0.39 is 10.0 Å². The van der Waals surface area contributed by atoms with Gasteiger partial charge in [-0.25, -0.2) is 18.1 Å². The van der Waals surface area contributed by atoms with Crippen molar-refractivity contribution in [3.05, 3.63) is 58.3 Å². The van der Waals surface area contributed by atoms with Gasteiger partial charge in [0.05, 0.1) is 4.90 Å². The third-order valence-corrected chi connectivity index (χ3v) is 6.23. The van der Waals surface area contributed by atoms with Crippen LogP contribution in [0.25, 0.3) is 0 Å². The third-order valence-electron chi connectivity index (χ3n) is 4.23. The summed E-state index contributed by atoms with van der Waals surface area (Å²) in [5, 5.41) is 1.01. The summed E-state index contributed by atoms with van der Waals surface area (Å²) in [5.41, 5.74) is 1.11. The molecule has 1 fully saturated rings. The molecule has 0 saturated carbocycles. The summed E-state index contributed by atoms with van der Waals surface area (Å²) >= 11 is 11.7. The van der Waals surface area contributed by atoms with Gasteiger partial charge in [-0.05, 0) is 54.8 Å². The van der Waals surface area contributed by atoms with Gasteiger partial charge in [-0.1, -0.05) is 23.2 Å². The largest absolute Gasteiger partial charge is 0.299 e. The first-order valence-electron chi connectivity index (χ1n) is 8.03. The lowest BCUT2D eigenvalue weighted by molar-refractivity contribution is 0.200. The summed E-state index contributed by atoms with van der Waals surface area (Å²) in [4.78, 5) is 6.51. The fourth-order valence-electron chi connectivity index (χ4n) is 2.91. The second-order valence-electron chi connectivity index (χ2n) is 6.11. The summed E-state index contributed by atoms with van der Waals surface area (Å²) in [6, 6.07) is 9.95. The average Bonchev–Trinajstić information content (AvgIpc) is 2.57. The van der Waals surface area contributed by atoms with Crippen LogP contribution in [0, 0.1) is 0 Å². The molecule has 0 amide bonds. The molecule has 2 heterocycles. The van der Waals surface area contributed by atoms with Crippen LogP contribution in [0.15, 0.2) is 47.5 Å². The first-order valence-corrected chi connectivity index (χ1v) is 10.3. The fraction of sp³-hybridized carbons (Fsp3) is 0.353. The van der Waals surface area contributed by atoms with Crippen LogP contribution in [-0.2, 0) is 16.6 Å². The van der Waals surface area contributed by atoms with Crippen LogP contribution in [-0.4, -0.2) is 37.4 Å². The zero-order chi connectivity index (χ0) is 17.9. The molecule has 1 aliphatic rings. The second-order valence-corrected chi connectivity index (χ2v) is 8.65. The molecular formula is C17H19Cl2N3O2S. The van der Waals surface area contributed by atoms with Crippen LogP contribution in [0.2, 0.25) is 10.2 Å². The zero-order valence-electron chi connectivity index (χ0n) is 13.5. The molecule has 2 aromatic rings. The van der Waals surface area contributed by atoms with E-state index in [0.717, 1.165) is 38.0 Å². The summed E-state index contributed by atoms with van der Waals surface area (Å²) in [6.45, 7) is 2.44. The molecule has 0 atom stereocenters. The number of hydrogen-bond acceptors (Lipinski definition) is 4. The number of rotatable bonds is 5. The summed E-state index contributed by atoms with van der Waals surface area (Å²) in [5.74, 6) is 0. The normalized spacial score (nSPS) is 16.9. The Bertz CT molecular complexity index is 820. The molecule has 3 rings (SSSR count). The first-order chi connectivity index (χ1) is 11.9. The van der Waals surface area contributed by atoms with Crippen molar-refractivity contribution in [3.63, 3.8) is 0 Å². The Labute approximate surface area is 158 Å². The van der Waals surface area contributed by atoms with Gasteiger partial charge < -0.3 is 0 Å². The Morgan fingerprint density at radius 2 is 1.80 bits per heavy atom. The zero-order valence-corrected chi connectivity index (χ0v) is 15.9. The van der Waals surface area contributed by atoms with E-state index in [2.05, 4.69) is 14.6 Å². The number of piperidine rings is 1. The van der Waals surface area contributed by atoms with Crippen LogP contribution in [0.3, 0.4) is 0 Å². The molecule has 8 heteroatoms. The number of sulfonamides is 1. The maximum Gasteiger partial charge on any atom is 0.240 e. The molecule has 0 unspecified atom stereocenters. The van der Waals surface area contributed by atoms with Gasteiger partial charge in [-0.2, -0.15) is 0 Å². The number of benzene rings is 1. The maximum absolute atomic E-state index is 12.4. The van der Waals surface area contributed by atoms with Gasteiger partial charge >= 0.3 is 0 Å². The molecule has 1 N–H and O–H groups in total. The van der Waals surface area contributed by atoms with Gasteiger partial charge in [0.2, 0.25) is 10.0 Å². The quantitative estimate of drug-likeness (QED) is 0.783. The highest BCUT2D eigenvalue weighted by molar-refractivity contribution is 7.89. The van der Waals surface area contributed by atoms with Gasteiger partial charge in [-0.3, -0.25) is 4.90 Å². The predicted molar refractivity (Wildman–Crippen MR) is 99.3 cm³/mol. The van der Waals surface area contributed by atoms with Crippen molar-refractivity contribution in [2.75, 3.05) is 13.1 Å². The minimum atomic E-state index is -3.51. The number of halogens is 2. The van der Waals surface area contributed by atoms with Crippen LogP contribution in [0.5, 0.6) is 0 Å². The highest BCUT2D eigenvalue weighted by Crippen LogP contribution is 2.19. The van der Waals surface area contributed by atoms with Gasteiger partial charge in [0, 0.05) is 36.9 Å². The van der Waals surface area contributed by atoms with Gasteiger partial charge in [0.15, 0.2) is 0 Å². The lowest BCUT2D eigenvalue weighted by Gasteiger charge is -2.32. The summed E-state index contributed by atoms with van der Waals surface area (Å²) in [7, 11) is -3.51. The number of likely N-dealkylation sites (tertiary alicyclic amines) is 1. The van der Waals surface area contributed by atoms with Crippen molar-refractivity contribution in [2.45, 2.75) is 30.3 Å². The fourth-order valence-corrected chi connectivity index (χ4v) is 4.54. The molecule has 1 saturated heterocycles. The first kappa shape index (κ1) is 18.6. The predicted octanol–water partition coefficient (Wildman–Crippen LogP) is 3.33. The van der Waals surface area contributed by atoms with Crippen LogP contribution >= 0.6 is 23.2 Å². The number of aromatic nitrogens is 1. The van der Waals surface area contributed by atoms with E-state index in [1.807, 2.05) is 12.1 Å². The molecule has 0 radical (unpaired) electrons. The van der Waals surface area contributed by atoms with Crippen LogP contribution in [0.4, 0.5) is 0 Å². The molecule has 25 heavy (non-hydrogen) atoms. The Morgan fingerprint density at radius 1 is 1.12 bits per heavy atom. The average molecular weight is 400 g/mol. The molecule has 0 spiro atoms. The molecule has 1 aromatic carbocycles. The minimum Gasteiger partial charge on any atom is -0.299 e. The van der Waals surface area contributed by atoms with Crippen molar-refractivity contribution in [1.82, 2.24) is 14.6 Å². The standard InChI is InChI=1S/C17H19Cl2N3O2S/c18-14-1-3-16(4-2-14)25(23,24)21-15-6-9-22(10-7-15)12-13-5-8-20-17(19)11-13/h1-5,8,11,15,21H,6-7,9-10,12H2. The van der Waals surface area contributed by atoms with E-state index in [1.54, 1.807) is 18.3 Å². The smallest absolute Gasteiger partial charge is 0.240 e. The SMILES string of the molecule is O=S(=O)(NC1CCN(Cc2ccnc(Cl)c2)CC1)c1ccc(Cl)cc1. The minimum absolute atomic E-state index is 0.0574. The summed E-state index contributed by atoms with van der Waals surface area (Å²) in [6.07, 6.45) is 3.24. The second kappa shape index (κ2) is 8.01. The monoisotopic (exact) mass is 399 g/mol. The van der Waals surface area contributed by atoms with E-state index in [4.69, 9.17) is 23.2 Å². The maximum atomic E-state index is 12.4. The van der Waals surface area contributed by atoms with Crippen LogP contribution in [0.1, 0.15) is 18.4 Å². The number of pyridine rings is 1. The van der Waals surface area contributed by atoms with Crippen LogP contribution < -0.4 is 4.72 Å². The third kappa shape index (κ3) is 5.15. The molecule has 5 nitrogen and oxygen atoms in total. The highest BCUT2D eigenvalue weighted by atomic mass is 35.5. The van der Waals surface area contributed by atoms with Gasteiger partial charge in [-0.15, -0.1) is 0 Å². The Morgan fingerprint density at radius 3 is 2.44 bits per heavy atom. The lowest BCUT2D eigenvalue weighted by Crippen LogP contribution is -2.44.